The Kier molecular flexibility index (Phi) is 5.18. The van der Waals surface area contributed by atoms with Crippen molar-refractivity contribution in [2.24, 2.45) is 0 Å². The fourth-order valence-corrected chi connectivity index (χ4v) is 5.15. The van der Waals surface area contributed by atoms with E-state index in [1.807, 2.05) is 91.9 Å². The summed E-state index contributed by atoms with van der Waals surface area (Å²) in [5.41, 5.74) is 3.57. The van der Waals surface area contributed by atoms with Gasteiger partial charge in [0, 0.05) is 10.6 Å². The molecule has 5 aromatic rings. The molecule has 5 heteroatoms. The summed E-state index contributed by atoms with van der Waals surface area (Å²) < 4.78 is 0.976. The molecule has 0 radical (unpaired) electrons. The third-order valence-corrected chi connectivity index (χ3v) is 6.54. The predicted octanol–water partition coefficient (Wildman–Crippen LogP) is 7.26. The molecule has 31 heavy (non-hydrogen) atoms. The first-order valence-electron chi connectivity index (χ1n) is 10.00. The zero-order chi connectivity index (χ0) is 21.4. The maximum atomic E-state index is 13.7. The average molecular weight is 443 g/mol. The molecular weight excluding hydrogens is 424 g/mol. The molecule has 0 atom stereocenters. The van der Waals surface area contributed by atoms with Crippen LogP contribution in [0.4, 0.5) is 5.13 Å². The summed E-state index contributed by atoms with van der Waals surface area (Å²) in [5.74, 6) is -0.0718. The van der Waals surface area contributed by atoms with Crippen LogP contribution in [0.25, 0.3) is 21.0 Å². The van der Waals surface area contributed by atoms with Gasteiger partial charge in [-0.1, -0.05) is 83.6 Å². The quantitative estimate of drug-likeness (QED) is 0.293. The van der Waals surface area contributed by atoms with E-state index in [2.05, 4.69) is 0 Å². The van der Waals surface area contributed by atoms with Crippen LogP contribution in [0.3, 0.4) is 0 Å². The van der Waals surface area contributed by atoms with Crippen LogP contribution in [0, 0.1) is 6.92 Å². The van der Waals surface area contributed by atoms with Crippen LogP contribution in [-0.2, 0) is 6.54 Å². The Morgan fingerprint density at radius 3 is 2.48 bits per heavy atom. The van der Waals surface area contributed by atoms with Crippen LogP contribution < -0.4 is 4.90 Å². The van der Waals surface area contributed by atoms with E-state index < -0.39 is 0 Å². The highest BCUT2D eigenvalue weighted by molar-refractivity contribution is 7.22. The molecule has 3 nitrogen and oxygen atoms in total. The summed E-state index contributed by atoms with van der Waals surface area (Å²) in [5, 5.41) is 3.50. The van der Waals surface area contributed by atoms with E-state index in [-0.39, 0.29) is 5.91 Å². The summed E-state index contributed by atoms with van der Waals surface area (Å²) in [6.45, 7) is 2.43. The molecule has 0 unspecified atom stereocenters. The SMILES string of the molecule is Cc1cc(Cl)cc2sc(N(Cc3ccccc3)C(=O)c3ccc4ccccc4c3)nc12. The summed E-state index contributed by atoms with van der Waals surface area (Å²) in [4.78, 5) is 20.3. The van der Waals surface area contributed by atoms with Crippen molar-refractivity contribution < 1.29 is 4.79 Å². The molecule has 0 spiro atoms. The molecule has 0 saturated heterocycles. The molecule has 5 rings (SSSR count). The van der Waals surface area contributed by atoms with Crippen molar-refractivity contribution >= 4 is 55.0 Å². The second-order valence-corrected chi connectivity index (χ2v) is 8.95. The van der Waals surface area contributed by atoms with E-state index in [0.29, 0.717) is 22.3 Å². The van der Waals surface area contributed by atoms with Gasteiger partial charge in [-0.15, -0.1) is 0 Å². The first-order valence-corrected chi connectivity index (χ1v) is 11.2. The molecule has 152 valence electrons. The van der Waals surface area contributed by atoms with E-state index in [1.165, 1.54) is 11.3 Å². The number of fused-ring (bicyclic) bond motifs is 2. The van der Waals surface area contributed by atoms with E-state index in [9.17, 15) is 4.79 Å². The number of thiazole rings is 1. The topological polar surface area (TPSA) is 33.2 Å². The fourth-order valence-electron chi connectivity index (χ4n) is 3.73. The molecule has 0 aliphatic heterocycles. The van der Waals surface area contributed by atoms with Crippen LogP contribution in [0.1, 0.15) is 21.5 Å². The van der Waals surface area contributed by atoms with Gasteiger partial charge in [0.1, 0.15) is 0 Å². The maximum Gasteiger partial charge on any atom is 0.260 e. The number of amides is 1. The molecule has 1 amide bonds. The molecular formula is C26H19ClN2OS. The number of anilines is 1. The van der Waals surface area contributed by atoms with Gasteiger partial charge in [0.15, 0.2) is 5.13 Å². The highest BCUT2D eigenvalue weighted by Gasteiger charge is 2.22. The number of carbonyl (C=O) groups excluding carboxylic acids is 1. The highest BCUT2D eigenvalue weighted by atomic mass is 35.5. The molecule has 0 N–H and O–H groups in total. The number of benzene rings is 4. The monoisotopic (exact) mass is 442 g/mol. The second kappa shape index (κ2) is 8.14. The third-order valence-electron chi connectivity index (χ3n) is 5.29. The van der Waals surface area contributed by atoms with Gasteiger partial charge >= 0.3 is 0 Å². The Labute approximate surface area is 189 Å². The number of hydrogen-bond acceptors (Lipinski definition) is 3. The Morgan fingerprint density at radius 2 is 1.68 bits per heavy atom. The van der Waals surface area contributed by atoms with Gasteiger partial charge in [-0.05, 0) is 53.1 Å². The molecule has 1 aromatic heterocycles. The number of rotatable bonds is 4. The molecule has 0 bridgehead atoms. The van der Waals surface area contributed by atoms with Gasteiger partial charge in [-0.2, -0.15) is 0 Å². The minimum Gasteiger partial charge on any atom is -0.279 e. The van der Waals surface area contributed by atoms with Gasteiger partial charge < -0.3 is 0 Å². The van der Waals surface area contributed by atoms with Crippen LogP contribution in [0.15, 0.2) is 84.9 Å². The van der Waals surface area contributed by atoms with Crippen LogP contribution in [0.5, 0.6) is 0 Å². The first-order chi connectivity index (χ1) is 15.1. The minimum atomic E-state index is -0.0718. The Balaban J connectivity index is 1.61. The minimum absolute atomic E-state index is 0.0718. The summed E-state index contributed by atoms with van der Waals surface area (Å²) >= 11 is 7.74. The zero-order valence-corrected chi connectivity index (χ0v) is 18.5. The molecule has 0 aliphatic carbocycles. The van der Waals surface area contributed by atoms with Crippen molar-refractivity contribution in [3.63, 3.8) is 0 Å². The molecule has 0 aliphatic rings. The lowest BCUT2D eigenvalue weighted by atomic mass is 10.1. The van der Waals surface area contributed by atoms with Gasteiger partial charge in [-0.25, -0.2) is 4.98 Å². The number of carbonyl (C=O) groups is 1. The van der Waals surface area contributed by atoms with E-state index >= 15 is 0 Å². The number of aromatic nitrogens is 1. The lowest BCUT2D eigenvalue weighted by Crippen LogP contribution is -2.30. The summed E-state index contributed by atoms with van der Waals surface area (Å²) in [7, 11) is 0. The lowest BCUT2D eigenvalue weighted by Gasteiger charge is -2.20. The summed E-state index contributed by atoms with van der Waals surface area (Å²) in [6.07, 6.45) is 0. The van der Waals surface area contributed by atoms with Crippen LogP contribution in [-0.4, -0.2) is 10.9 Å². The number of nitrogens with zero attached hydrogens (tertiary/aromatic N) is 2. The average Bonchev–Trinajstić information content (AvgIpc) is 3.21. The zero-order valence-electron chi connectivity index (χ0n) is 16.9. The lowest BCUT2D eigenvalue weighted by molar-refractivity contribution is 0.0985. The standard InChI is InChI=1S/C26H19ClN2OS/c1-17-13-22(27)15-23-24(17)28-26(31-23)29(16-18-7-3-2-4-8-18)25(30)21-12-11-19-9-5-6-10-20(19)14-21/h2-15H,16H2,1H3. The smallest absolute Gasteiger partial charge is 0.260 e. The van der Waals surface area contributed by atoms with Gasteiger partial charge in [0.05, 0.1) is 16.8 Å². The van der Waals surface area contributed by atoms with Gasteiger partial charge in [-0.3, -0.25) is 9.69 Å². The number of aryl methyl sites for hydroxylation is 1. The second-order valence-electron chi connectivity index (χ2n) is 7.50. The molecule has 0 saturated carbocycles. The predicted molar refractivity (Wildman–Crippen MR) is 130 cm³/mol. The number of halogens is 1. The Morgan fingerprint density at radius 1 is 0.935 bits per heavy atom. The highest BCUT2D eigenvalue weighted by Crippen LogP contribution is 2.34. The largest absolute Gasteiger partial charge is 0.279 e. The summed E-state index contributed by atoms with van der Waals surface area (Å²) in [6, 6.07) is 27.7. The van der Waals surface area contributed by atoms with E-state index in [0.717, 1.165) is 32.1 Å². The van der Waals surface area contributed by atoms with Crippen molar-refractivity contribution in [3.8, 4) is 0 Å². The van der Waals surface area contributed by atoms with Crippen LogP contribution in [0.2, 0.25) is 5.02 Å². The Hall–Kier alpha value is -3.21. The first kappa shape index (κ1) is 19.7. The third kappa shape index (κ3) is 3.92. The van der Waals surface area contributed by atoms with Crippen molar-refractivity contribution in [3.05, 3.63) is 107 Å². The fraction of sp³-hybridized carbons (Fsp3) is 0.0769. The normalized spacial score (nSPS) is 11.2. The van der Waals surface area contributed by atoms with Gasteiger partial charge in [0.25, 0.3) is 5.91 Å². The maximum absolute atomic E-state index is 13.7. The van der Waals surface area contributed by atoms with Crippen molar-refractivity contribution in [1.82, 2.24) is 4.98 Å². The number of hydrogen-bond donors (Lipinski definition) is 0. The Bertz CT molecular complexity index is 1410. The van der Waals surface area contributed by atoms with Crippen molar-refractivity contribution in [2.45, 2.75) is 13.5 Å². The van der Waals surface area contributed by atoms with E-state index in [1.54, 1.807) is 4.90 Å². The van der Waals surface area contributed by atoms with E-state index in [4.69, 9.17) is 16.6 Å². The van der Waals surface area contributed by atoms with Crippen molar-refractivity contribution in [2.75, 3.05) is 4.90 Å². The molecule has 1 heterocycles. The van der Waals surface area contributed by atoms with Crippen LogP contribution >= 0.6 is 22.9 Å². The van der Waals surface area contributed by atoms with Gasteiger partial charge in [0.2, 0.25) is 0 Å². The molecule has 4 aromatic carbocycles. The molecule has 0 fully saturated rings. The van der Waals surface area contributed by atoms with Crippen molar-refractivity contribution in [1.29, 1.82) is 0 Å².